The Hall–Kier alpha value is -2.24. The number of carbonyl (C=O) groups is 2. The number of nitrogens with zero attached hydrogens (tertiary/aromatic N) is 2. The van der Waals surface area contributed by atoms with Crippen molar-refractivity contribution in [2.75, 3.05) is 30.8 Å². The Labute approximate surface area is 250 Å². The van der Waals surface area contributed by atoms with E-state index in [1.165, 1.54) is 10.4 Å². The van der Waals surface area contributed by atoms with E-state index in [9.17, 15) is 18.0 Å². The predicted octanol–water partition coefficient (Wildman–Crippen LogP) is 5.25. The van der Waals surface area contributed by atoms with Gasteiger partial charge in [-0.1, -0.05) is 62.2 Å². The van der Waals surface area contributed by atoms with E-state index >= 15 is 4.39 Å². The van der Waals surface area contributed by atoms with Crippen molar-refractivity contribution in [1.82, 2.24) is 14.9 Å². The fraction of sp³-hybridized carbons (Fsp3) is 0.517. The number of hydrogen-bond donors (Lipinski definition) is 2. The molecule has 2 aromatic carbocycles. The van der Waals surface area contributed by atoms with Gasteiger partial charge in [-0.05, 0) is 54.4 Å². The van der Waals surface area contributed by atoms with Crippen LogP contribution in [0.4, 0.5) is 14.9 Å². The fourth-order valence-electron chi connectivity index (χ4n) is 6.78. The molecule has 3 aliphatic heterocycles. The number of amides is 3. The predicted molar refractivity (Wildman–Crippen MR) is 158 cm³/mol. The van der Waals surface area contributed by atoms with Gasteiger partial charge in [0.25, 0.3) is 0 Å². The summed E-state index contributed by atoms with van der Waals surface area (Å²) < 4.78 is 40.8. The van der Waals surface area contributed by atoms with Gasteiger partial charge in [0.15, 0.2) is 0 Å². The molecule has 2 saturated heterocycles. The first-order valence-electron chi connectivity index (χ1n) is 13.7. The second-order valence-electron chi connectivity index (χ2n) is 12.5. The highest BCUT2D eigenvalue weighted by atomic mass is 35.5. The third-order valence-electron chi connectivity index (χ3n) is 8.48. The standard InChI is InChI=1S/C29H35Cl2FN4O4S/c1-28(2,3)15-17-16-33-25(20-6-5-7-22(31)24(20)32)29(17)21-9-8-18(30)14-23(21)36(26(29)37)27(38)34-19-10-12-35(13-11-19)41(4,39)40/h5-9,14,17,19,25,33H,10-13,15-16H2,1-4H3,(H,34,38)/t17-,25-,29-/m1/s1. The number of benzene rings is 2. The molecule has 0 radical (unpaired) electrons. The summed E-state index contributed by atoms with van der Waals surface area (Å²) >= 11 is 12.6. The van der Waals surface area contributed by atoms with Gasteiger partial charge < -0.3 is 10.6 Å². The number of carbonyl (C=O) groups excluding carboxylic acids is 2. The summed E-state index contributed by atoms with van der Waals surface area (Å²) in [5.41, 5.74) is -0.229. The quantitative estimate of drug-likeness (QED) is 0.484. The molecule has 3 amide bonds. The highest BCUT2D eigenvalue weighted by molar-refractivity contribution is 7.88. The van der Waals surface area contributed by atoms with Crippen LogP contribution >= 0.6 is 23.2 Å². The number of urea groups is 1. The molecule has 222 valence electrons. The van der Waals surface area contributed by atoms with E-state index in [0.29, 0.717) is 42.1 Å². The maximum Gasteiger partial charge on any atom is 0.329 e. The third-order valence-corrected chi connectivity index (χ3v) is 10.3. The van der Waals surface area contributed by atoms with E-state index in [-0.39, 0.29) is 41.1 Å². The molecule has 3 atom stereocenters. The zero-order valence-corrected chi connectivity index (χ0v) is 25.8. The van der Waals surface area contributed by atoms with Crippen molar-refractivity contribution in [1.29, 1.82) is 0 Å². The van der Waals surface area contributed by atoms with Crippen LogP contribution in [0.1, 0.15) is 57.2 Å². The molecule has 0 unspecified atom stereocenters. The Bertz CT molecular complexity index is 1490. The third kappa shape index (κ3) is 5.38. The van der Waals surface area contributed by atoms with Gasteiger partial charge in [0.05, 0.1) is 23.0 Å². The molecule has 3 heterocycles. The number of piperidine rings is 1. The van der Waals surface area contributed by atoms with Gasteiger partial charge in [-0.3, -0.25) is 4.79 Å². The van der Waals surface area contributed by atoms with Crippen LogP contribution in [0.2, 0.25) is 10.0 Å². The molecule has 12 heteroatoms. The molecule has 0 saturated carbocycles. The van der Waals surface area contributed by atoms with Gasteiger partial charge in [0.1, 0.15) is 11.2 Å². The first-order chi connectivity index (χ1) is 19.1. The van der Waals surface area contributed by atoms with E-state index in [2.05, 4.69) is 31.4 Å². The minimum Gasteiger partial charge on any atom is -0.334 e. The number of rotatable bonds is 4. The molecule has 2 N–H and O–H groups in total. The molecule has 0 aromatic heterocycles. The number of imide groups is 1. The molecular weight excluding hydrogens is 590 g/mol. The van der Waals surface area contributed by atoms with Crippen LogP contribution in [0, 0.1) is 17.2 Å². The largest absolute Gasteiger partial charge is 0.334 e. The molecular formula is C29H35Cl2FN4O4S. The lowest BCUT2D eigenvalue weighted by Crippen LogP contribution is -2.54. The van der Waals surface area contributed by atoms with Gasteiger partial charge in [-0.15, -0.1) is 0 Å². The number of anilines is 1. The average molecular weight is 626 g/mol. The van der Waals surface area contributed by atoms with Crippen molar-refractivity contribution >= 4 is 50.9 Å². The zero-order valence-electron chi connectivity index (χ0n) is 23.5. The Balaban J connectivity index is 1.57. The van der Waals surface area contributed by atoms with Gasteiger partial charge >= 0.3 is 6.03 Å². The number of hydrogen-bond acceptors (Lipinski definition) is 5. The molecule has 1 spiro atoms. The number of fused-ring (bicyclic) bond motifs is 2. The van der Waals surface area contributed by atoms with Crippen molar-refractivity contribution < 1.29 is 22.4 Å². The Kier molecular flexibility index (Phi) is 7.96. The SMILES string of the molecule is CC(C)(C)C[C@@H]1CN[C@H](c2cccc(Cl)c2F)[C@@]12C(=O)N(C(=O)NC1CCN(S(C)(=O)=O)CC1)c1cc(Cl)ccc12. The Morgan fingerprint density at radius 1 is 1.17 bits per heavy atom. The lowest BCUT2D eigenvalue weighted by atomic mass is 9.63. The lowest BCUT2D eigenvalue weighted by Gasteiger charge is -2.38. The molecule has 3 aliphatic rings. The first-order valence-corrected chi connectivity index (χ1v) is 16.3. The molecule has 0 aliphatic carbocycles. The second kappa shape index (κ2) is 10.8. The summed E-state index contributed by atoms with van der Waals surface area (Å²) in [4.78, 5) is 29.8. The zero-order chi connectivity index (χ0) is 29.9. The van der Waals surface area contributed by atoms with Gasteiger partial charge in [-0.2, -0.15) is 0 Å². The van der Waals surface area contributed by atoms with Crippen molar-refractivity contribution in [3.8, 4) is 0 Å². The normalized spacial score (nSPS) is 25.6. The van der Waals surface area contributed by atoms with Crippen LogP contribution in [0.3, 0.4) is 0 Å². The van der Waals surface area contributed by atoms with E-state index in [4.69, 9.17) is 23.2 Å². The molecule has 8 nitrogen and oxygen atoms in total. The van der Waals surface area contributed by atoms with Gasteiger partial charge in [0.2, 0.25) is 15.9 Å². The van der Waals surface area contributed by atoms with Gasteiger partial charge in [-0.25, -0.2) is 26.8 Å². The maximum absolute atomic E-state index is 15.6. The molecule has 2 aromatic rings. The van der Waals surface area contributed by atoms with E-state index in [0.717, 1.165) is 11.2 Å². The van der Waals surface area contributed by atoms with E-state index < -0.39 is 39.2 Å². The van der Waals surface area contributed by atoms with Crippen molar-refractivity contribution in [3.63, 3.8) is 0 Å². The van der Waals surface area contributed by atoms with Crippen molar-refractivity contribution in [2.45, 2.75) is 57.5 Å². The Morgan fingerprint density at radius 3 is 2.49 bits per heavy atom. The average Bonchev–Trinajstić information content (AvgIpc) is 3.35. The van der Waals surface area contributed by atoms with E-state index in [1.807, 2.05) is 0 Å². The topological polar surface area (TPSA) is 98.8 Å². The monoisotopic (exact) mass is 624 g/mol. The smallest absolute Gasteiger partial charge is 0.329 e. The van der Waals surface area contributed by atoms with E-state index in [1.54, 1.807) is 30.3 Å². The van der Waals surface area contributed by atoms with Gasteiger partial charge in [0, 0.05) is 36.3 Å². The van der Waals surface area contributed by atoms with Crippen LogP contribution in [-0.2, 0) is 20.2 Å². The van der Waals surface area contributed by atoms with Crippen LogP contribution in [-0.4, -0.2) is 56.6 Å². The number of sulfonamides is 1. The van der Waals surface area contributed by atoms with Crippen LogP contribution in [0.25, 0.3) is 0 Å². The van der Waals surface area contributed by atoms with Crippen molar-refractivity contribution in [3.05, 3.63) is 63.4 Å². The molecule has 5 rings (SSSR count). The first kappa shape index (κ1) is 30.2. The minimum absolute atomic E-state index is 0.0458. The van der Waals surface area contributed by atoms with Crippen LogP contribution in [0.5, 0.6) is 0 Å². The lowest BCUT2D eigenvalue weighted by molar-refractivity contribution is -0.124. The van der Waals surface area contributed by atoms with Crippen LogP contribution in [0.15, 0.2) is 36.4 Å². The fourth-order valence-corrected chi connectivity index (χ4v) is 8.01. The molecule has 41 heavy (non-hydrogen) atoms. The number of nitrogens with one attached hydrogen (secondary N) is 2. The van der Waals surface area contributed by atoms with Crippen molar-refractivity contribution in [2.24, 2.45) is 11.3 Å². The summed E-state index contributed by atoms with van der Waals surface area (Å²) in [6.07, 6.45) is 2.63. The summed E-state index contributed by atoms with van der Waals surface area (Å²) in [6.45, 7) is 7.24. The summed E-state index contributed by atoms with van der Waals surface area (Å²) in [5.74, 6) is -1.33. The molecule has 0 bridgehead atoms. The summed E-state index contributed by atoms with van der Waals surface area (Å²) in [7, 11) is -3.33. The maximum atomic E-state index is 15.6. The Morgan fingerprint density at radius 2 is 1.85 bits per heavy atom. The number of halogens is 3. The summed E-state index contributed by atoms with van der Waals surface area (Å²) in [6, 6.07) is 8.10. The highest BCUT2D eigenvalue weighted by Crippen LogP contribution is 2.58. The second-order valence-corrected chi connectivity index (χ2v) is 15.3. The molecule has 2 fully saturated rings. The van der Waals surface area contributed by atoms with Crippen LogP contribution < -0.4 is 15.5 Å². The minimum atomic E-state index is -3.33. The summed E-state index contributed by atoms with van der Waals surface area (Å²) in [5, 5.41) is 6.69. The highest BCUT2D eigenvalue weighted by Gasteiger charge is 2.65.